The summed E-state index contributed by atoms with van der Waals surface area (Å²) < 4.78 is 2.03. The fourth-order valence-corrected chi connectivity index (χ4v) is 3.12. The highest BCUT2D eigenvalue weighted by Gasteiger charge is 2.19. The van der Waals surface area contributed by atoms with E-state index in [0.29, 0.717) is 17.4 Å². The van der Waals surface area contributed by atoms with E-state index in [1.165, 1.54) is 6.33 Å². The van der Waals surface area contributed by atoms with Crippen molar-refractivity contribution in [1.82, 2.24) is 29.7 Å². The van der Waals surface area contributed by atoms with Gasteiger partial charge in [0.1, 0.15) is 11.8 Å². The Balaban J connectivity index is 1.47. The number of hydrogen-bond donors (Lipinski definition) is 2. The van der Waals surface area contributed by atoms with Gasteiger partial charge in [0.15, 0.2) is 11.5 Å². The number of rotatable bonds is 5. The molecule has 8 nitrogen and oxygen atoms in total. The van der Waals surface area contributed by atoms with E-state index in [2.05, 4.69) is 25.2 Å². The van der Waals surface area contributed by atoms with Gasteiger partial charge < -0.3 is 20.5 Å². The first-order chi connectivity index (χ1) is 11.1. The van der Waals surface area contributed by atoms with Crippen LogP contribution in [0.1, 0.15) is 26.2 Å². The molecular weight excluding hydrogens is 294 g/mol. The minimum absolute atomic E-state index is 0.0664. The number of nitrogens with zero attached hydrogens (tertiary/aromatic N) is 5. The lowest BCUT2D eigenvalue weighted by molar-refractivity contribution is -0.119. The van der Waals surface area contributed by atoms with Crippen molar-refractivity contribution < 1.29 is 4.79 Å². The van der Waals surface area contributed by atoms with E-state index in [9.17, 15) is 4.79 Å². The van der Waals surface area contributed by atoms with E-state index in [1.54, 1.807) is 13.3 Å². The first-order valence-corrected chi connectivity index (χ1v) is 8.04. The van der Waals surface area contributed by atoms with Gasteiger partial charge in [-0.15, -0.1) is 0 Å². The maximum absolute atomic E-state index is 11.1. The Morgan fingerprint density at radius 3 is 2.83 bits per heavy atom. The molecule has 1 aliphatic heterocycles. The zero-order chi connectivity index (χ0) is 16.2. The number of aromatic nitrogens is 4. The van der Waals surface area contributed by atoms with Crippen molar-refractivity contribution >= 4 is 22.9 Å². The smallest absolute Gasteiger partial charge is 0.217 e. The second-order valence-corrected chi connectivity index (χ2v) is 6.04. The van der Waals surface area contributed by atoms with Crippen molar-refractivity contribution in [2.45, 2.75) is 38.8 Å². The minimum Gasteiger partial charge on any atom is -0.382 e. The molecule has 0 bridgehead atoms. The lowest BCUT2D eigenvalue weighted by atomic mass is 10.0. The van der Waals surface area contributed by atoms with Crippen LogP contribution >= 0.6 is 0 Å². The summed E-state index contributed by atoms with van der Waals surface area (Å²) in [5, 5.41) is 3.00. The molecule has 1 amide bonds. The topological polar surface area (TPSA) is 102 Å². The number of nitrogens with two attached hydrogens (primary N) is 1. The number of aryl methyl sites for hydroxylation is 1. The lowest BCUT2D eigenvalue weighted by Gasteiger charge is -2.32. The number of nitrogen functional groups attached to an aromatic ring is 1. The molecule has 0 atom stereocenters. The van der Waals surface area contributed by atoms with Gasteiger partial charge in [0.05, 0.1) is 6.33 Å². The lowest BCUT2D eigenvalue weighted by Crippen LogP contribution is -2.44. The summed E-state index contributed by atoms with van der Waals surface area (Å²) >= 11 is 0. The Hall–Kier alpha value is -2.22. The second-order valence-electron chi connectivity index (χ2n) is 6.04. The predicted molar refractivity (Wildman–Crippen MR) is 87.6 cm³/mol. The minimum atomic E-state index is 0.0664. The van der Waals surface area contributed by atoms with Crippen LogP contribution in [0.15, 0.2) is 12.7 Å². The van der Waals surface area contributed by atoms with Gasteiger partial charge in [-0.2, -0.15) is 0 Å². The van der Waals surface area contributed by atoms with Gasteiger partial charge in [0, 0.05) is 32.6 Å². The Morgan fingerprint density at radius 2 is 2.09 bits per heavy atom. The molecule has 2 aromatic rings. The summed E-state index contributed by atoms with van der Waals surface area (Å²) in [6, 6.07) is 0.334. The highest BCUT2D eigenvalue weighted by molar-refractivity contribution is 5.81. The molecule has 3 heterocycles. The first kappa shape index (κ1) is 15.7. The number of anilines is 1. The summed E-state index contributed by atoms with van der Waals surface area (Å²) in [4.78, 5) is 26.0. The van der Waals surface area contributed by atoms with E-state index in [-0.39, 0.29) is 5.91 Å². The Bertz CT molecular complexity index is 676. The van der Waals surface area contributed by atoms with Gasteiger partial charge in [-0.05, 0) is 25.8 Å². The molecule has 0 radical (unpaired) electrons. The van der Waals surface area contributed by atoms with Crippen LogP contribution in [0.25, 0.3) is 11.2 Å². The van der Waals surface area contributed by atoms with Crippen LogP contribution in [-0.2, 0) is 11.3 Å². The number of nitrogens with one attached hydrogen (secondary N) is 1. The van der Waals surface area contributed by atoms with E-state index < -0.39 is 0 Å². The Morgan fingerprint density at radius 1 is 1.30 bits per heavy atom. The molecule has 0 aliphatic carbocycles. The van der Waals surface area contributed by atoms with Crippen LogP contribution in [0.3, 0.4) is 0 Å². The molecule has 0 unspecified atom stereocenters. The quantitative estimate of drug-likeness (QED) is 0.827. The van der Waals surface area contributed by atoms with E-state index in [0.717, 1.165) is 51.1 Å². The van der Waals surface area contributed by atoms with Crippen molar-refractivity contribution in [3.63, 3.8) is 0 Å². The molecule has 0 spiro atoms. The number of fused-ring (bicyclic) bond motifs is 1. The highest BCUT2D eigenvalue weighted by atomic mass is 16.1. The summed E-state index contributed by atoms with van der Waals surface area (Å²) in [5.74, 6) is 0.491. The van der Waals surface area contributed by atoms with E-state index >= 15 is 0 Å². The third-order valence-electron chi connectivity index (χ3n) is 4.30. The number of hydrogen-bond acceptors (Lipinski definition) is 6. The van der Waals surface area contributed by atoms with Crippen molar-refractivity contribution in [2.75, 3.05) is 25.4 Å². The van der Waals surface area contributed by atoms with Crippen molar-refractivity contribution in [1.29, 1.82) is 0 Å². The monoisotopic (exact) mass is 317 g/mol. The van der Waals surface area contributed by atoms with Crippen LogP contribution in [0.4, 0.5) is 5.82 Å². The molecular formula is C15H23N7O. The van der Waals surface area contributed by atoms with E-state index in [1.807, 2.05) is 4.57 Å². The molecule has 1 aliphatic rings. The predicted octanol–water partition coefficient (Wildman–Crippen LogP) is 0.399. The van der Waals surface area contributed by atoms with Gasteiger partial charge in [0.25, 0.3) is 0 Å². The maximum Gasteiger partial charge on any atom is 0.217 e. The molecule has 8 heteroatoms. The normalized spacial score (nSPS) is 16.7. The number of amides is 1. The summed E-state index contributed by atoms with van der Waals surface area (Å²) in [6.07, 6.45) is 6.33. The zero-order valence-corrected chi connectivity index (χ0v) is 13.4. The van der Waals surface area contributed by atoms with Gasteiger partial charge in [-0.25, -0.2) is 15.0 Å². The summed E-state index contributed by atoms with van der Waals surface area (Å²) in [6.45, 7) is 5.54. The fraction of sp³-hybridized carbons (Fsp3) is 0.600. The second kappa shape index (κ2) is 6.91. The number of likely N-dealkylation sites (tertiary alicyclic amines) is 1. The molecule has 3 rings (SSSR count). The maximum atomic E-state index is 11.1. The average molecular weight is 317 g/mol. The average Bonchev–Trinajstić information content (AvgIpc) is 2.93. The molecule has 1 saturated heterocycles. The largest absolute Gasteiger partial charge is 0.382 e. The van der Waals surface area contributed by atoms with Gasteiger partial charge in [-0.3, -0.25) is 4.79 Å². The number of imidazole rings is 1. The van der Waals surface area contributed by atoms with Crippen LogP contribution in [0.2, 0.25) is 0 Å². The third-order valence-corrected chi connectivity index (χ3v) is 4.30. The molecule has 0 saturated carbocycles. The van der Waals surface area contributed by atoms with Crippen LogP contribution in [0, 0.1) is 0 Å². The molecule has 124 valence electrons. The molecule has 1 fully saturated rings. The third kappa shape index (κ3) is 3.76. The molecule has 2 aromatic heterocycles. The Kier molecular flexibility index (Phi) is 4.71. The van der Waals surface area contributed by atoms with Crippen LogP contribution in [-0.4, -0.2) is 56.0 Å². The Labute approximate surface area is 135 Å². The standard InChI is InChI=1S/C15H23N7O/c1-11(23)20-12-3-7-21(8-4-12)5-2-6-22-10-19-13-14(16)17-9-18-15(13)22/h9-10,12H,2-8H2,1H3,(H,20,23)(H2,16,17,18). The number of carbonyl (C=O) groups excluding carboxylic acids is 1. The summed E-state index contributed by atoms with van der Waals surface area (Å²) in [5.41, 5.74) is 7.26. The fourth-order valence-electron chi connectivity index (χ4n) is 3.12. The molecule has 3 N–H and O–H groups in total. The van der Waals surface area contributed by atoms with Crippen molar-refractivity contribution in [3.05, 3.63) is 12.7 Å². The first-order valence-electron chi connectivity index (χ1n) is 8.04. The number of carbonyl (C=O) groups is 1. The van der Waals surface area contributed by atoms with Gasteiger partial charge in [-0.1, -0.05) is 0 Å². The van der Waals surface area contributed by atoms with Gasteiger partial charge >= 0.3 is 0 Å². The van der Waals surface area contributed by atoms with Gasteiger partial charge in [0.2, 0.25) is 5.91 Å². The van der Waals surface area contributed by atoms with Crippen LogP contribution in [0.5, 0.6) is 0 Å². The van der Waals surface area contributed by atoms with Crippen LogP contribution < -0.4 is 11.1 Å². The summed E-state index contributed by atoms with van der Waals surface area (Å²) in [7, 11) is 0. The van der Waals surface area contributed by atoms with E-state index in [4.69, 9.17) is 5.73 Å². The molecule has 0 aromatic carbocycles. The highest BCUT2D eigenvalue weighted by Crippen LogP contribution is 2.15. The van der Waals surface area contributed by atoms with Crippen molar-refractivity contribution in [3.8, 4) is 0 Å². The SMILES string of the molecule is CC(=O)NC1CCN(CCCn2cnc3c(N)ncnc32)CC1. The van der Waals surface area contributed by atoms with Crippen molar-refractivity contribution in [2.24, 2.45) is 0 Å². The number of piperidine rings is 1. The zero-order valence-electron chi connectivity index (χ0n) is 13.4. The molecule has 23 heavy (non-hydrogen) atoms.